The van der Waals surface area contributed by atoms with Crippen LogP contribution >= 0.6 is 0 Å². The highest BCUT2D eigenvalue weighted by Gasteiger charge is 2.27. The molecule has 2 aromatic heterocycles. The first kappa shape index (κ1) is 18.3. The van der Waals surface area contributed by atoms with Gasteiger partial charge in [-0.1, -0.05) is 6.07 Å². The highest BCUT2D eigenvalue weighted by molar-refractivity contribution is 5.96. The molecule has 0 atom stereocenters. The number of carbonyl (C=O) groups is 1. The van der Waals surface area contributed by atoms with Crippen molar-refractivity contribution < 1.29 is 13.9 Å². The van der Waals surface area contributed by atoms with E-state index in [0.717, 1.165) is 0 Å². The number of aromatic amines is 2. The number of amides is 1. The molecule has 3 heterocycles. The number of nitrogens with one attached hydrogen (secondary N) is 3. The normalized spacial score (nSPS) is 14.7. The number of carbonyl (C=O) groups excluding carboxylic acids is 1. The standard InChI is InChI=1S/C20H17FN6O3/c1-27-8-12(9-27)30-20(29)24-19-22-15-5-2-10(6-16(15)23-19)17-14-7-11(21)3-4-13(14)18(28)26-25-17/h2-7,12H,8-9H2,1H3,(H,26,28)(H2,22,23,24,29). The van der Waals surface area contributed by atoms with Crippen molar-refractivity contribution in [1.82, 2.24) is 25.1 Å². The van der Waals surface area contributed by atoms with Gasteiger partial charge >= 0.3 is 6.09 Å². The number of H-pyrrole nitrogens is 2. The van der Waals surface area contributed by atoms with Gasteiger partial charge in [0.25, 0.3) is 5.56 Å². The van der Waals surface area contributed by atoms with E-state index in [9.17, 15) is 14.0 Å². The predicted molar refractivity (Wildman–Crippen MR) is 109 cm³/mol. The third-order valence-corrected chi connectivity index (χ3v) is 5.03. The second-order valence-corrected chi connectivity index (χ2v) is 7.28. The number of ether oxygens (including phenoxy) is 1. The number of rotatable bonds is 3. The Morgan fingerprint density at radius 1 is 1.23 bits per heavy atom. The van der Waals surface area contributed by atoms with Crippen molar-refractivity contribution in [3.05, 3.63) is 52.6 Å². The molecule has 152 valence electrons. The van der Waals surface area contributed by atoms with Crippen LogP contribution in [0.4, 0.5) is 15.1 Å². The van der Waals surface area contributed by atoms with Crippen LogP contribution in [0.2, 0.25) is 0 Å². The fraction of sp³-hybridized carbons (Fsp3) is 0.200. The highest BCUT2D eigenvalue weighted by atomic mass is 19.1. The summed E-state index contributed by atoms with van der Waals surface area (Å²) in [7, 11) is 1.95. The summed E-state index contributed by atoms with van der Waals surface area (Å²) in [5, 5.41) is 9.89. The molecule has 1 aliphatic rings. The predicted octanol–water partition coefficient (Wildman–Crippen LogP) is 2.47. The first-order valence-corrected chi connectivity index (χ1v) is 9.30. The third-order valence-electron chi connectivity index (χ3n) is 5.03. The van der Waals surface area contributed by atoms with Crippen molar-refractivity contribution in [3.63, 3.8) is 0 Å². The zero-order valence-corrected chi connectivity index (χ0v) is 15.9. The lowest BCUT2D eigenvalue weighted by molar-refractivity contribution is 0.00677. The van der Waals surface area contributed by atoms with Gasteiger partial charge in [-0.3, -0.25) is 15.0 Å². The van der Waals surface area contributed by atoms with Crippen LogP contribution in [-0.4, -0.2) is 57.4 Å². The van der Waals surface area contributed by atoms with Crippen LogP contribution < -0.4 is 10.9 Å². The van der Waals surface area contributed by atoms with Gasteiger partial charge in [0.15, 0.2) is 0 Å². The fourth-order valence-corrected chi connectivity index (χ4v) is 3.57. The van der Waals surface area contributed by atoms with E-state index in [2.05, 4.69) is 25.5 Å². The molecule has 0 saturated carbocycles. The fourth-order valence-electron chi connectivity index (χ4n) is 3.57. The molecular formula is C20H17FN6O3. The SMILES string of the molecule is CN1CC(OC(=O)Nc2nc3ccc(-c4n[nH]c(=O)c5ccc(F)cc45)cc3[nH]2)C1. The number of likely N-dealkylation sites (tertiary alicyclic amines) is 1. The van der Waals surface area contributed by atoms with E-state index in [0.29, 0.717) is 46.2 Å². The van der Waals surface area contributed by atoms with Crippen molar-refractivity contribution in [2.75, 3.05) is 25.5 Å². The Hall–Kier alpha value is -3.79. The summed E-state index contributed by atoms with van der Waals surface area (Å²) < 4.78 is 19.1. The minimum absolute atomic E-state index is 0.119. The summed E-state index contributed by atoms with van der Waals surface area (Å²) in [5.74, 6) is -0.202. The van der Waals surface area contributed by atoms with Crippen molar-refractivity contribution in [2.45, 2.75) is 6.10 Å². The number of anilines is 1. The summed E-state index contributed by atoms with van der Waals surface area (Å²) >= 11 is 0. The molecule has 5 rings (SSSR count). The number of halogens is 1. The largest absolute Gasteiger partial charge is 0.443 e. The van der Waals surface area contributed by atoms with Gasteiger partial charge in [-0.15, -0.1) is 0 Å². The van der Waals surface area contributed by atoms with Gasteiger partial charge in [-0.2, -0.15) is 5.10 Å². The maximum Gasteiger partial charge on any atom is 0.414 e. The summed E-state index contributed by atoms with van der Waals surface area (Å²) in [6.45, 7) is 1.41. The Bertz CT molecular complexity index is 1340. The molecule has 1 saturated heterocycles. The molecular weight excluding hydrogens is 391 g/mol. The second kappa shape index (κ2) is 6.92. The smallest absolute Gasteiger partial charge is 0.414 e. The van der Waals surface area contributed by atoms with E-state index in [1.807, 2.05) is 11.9 Å². The van der Waals surface area contributed by atoms with Crippen molar-refractivity contribution in [3.8, 4) is 11.3 Å². The number of nitrogens with zero attached hydrogens (tertiary/aromatic N) is 3. The van der Waals surface area contributed by atoms with Crippen LogP contribution in [0.25, 0.3) is 33.1 Å². The summed E-state index contributed by atoms with van der Waals surface area (Å²) in [6, 6.07) is 9.22. The first-order chi connectivity index (χ1) is 14.5. The number of fused-ring (bicyclic) bond motifs is 2. The molecule has 0 spiro atoms. The van der Waals surface area contributed by atoms with Crippen LogP contribution in [-0.2, 0) is 4.74 Å². The monoisotopic (exact) mass is 408 g/mol. The van der Waals surface area contributed by atoms with Crippen LogP contribution in [0.5, 0.6) is 0 Å². The molecule has 1 fully saturated rings. The molecule has 1 aliphatic heterocycles. The zero-order valence-electron chi connectivity index (χ0n) is 15.9. The lowest BCUT2D eigenvalue weighted by Gasteiger charge is -2.34. The Morgan fingerprint density at radius 3 is 2.87 bits per heavy atom. The van der Waals surface area contributed by atoms with E-state index < -0.39 is 11.9 Å². The molecule has 30 heavy (non-hydrogen) atoms. The van der Waals surface area contributed by atoms with Crippen LogP contribution in [0.3, 0.4) is 0 Å². The zero-order chi connectivity index (χ0) is 20.8. The van der Waals surface area contributed by atoms with E-state index >= 15 is 0 Å². The van der Waals surface area contributed by atoms with E-state index in [1.165, 1.54) is 18.2 Å². The molecule has 2 aromatic carbocycles. The Balaban J connectivity index is 1.45. The maximum atomic E-state index is 13.8. The number of aromatic nitrogens is 4. The average Bonchev–Trinajstić information content (AvgIpc) is 3.08. The molecule has 0 aliphatic carbocycles. The molecule has 10 heteroatoms. The second-order valence-electron chi connectivity index (χ2n) is 7.28. The third kappa shape index (κ3) is 3.26. The number of imidazole rings is 1. The van der Waals surface area contributed by atoms with Gasteiger partial charge in [0.1, 0.15) is 11.9 Å². The first-order valence-electron chi connectivity index (χ1n) is 9.30. The van der Waals surface area contributed by atoms with E-state index in [4.69, 9.17) is 4.74 Å². The van der Waals surface area contributed by atoms with Gasteiger partial charge in [0.05, 0.1) is 22.1 Å². The minimum atomic E-state index is -0.573. The van der Waals surface area contributed by atoms with Gasteiger partial charge in [-0.05, 0) is 37.4 Å². The molecule has 0 bridgehead atoms. The Kier molecular flexibility index (Phi) is 4.21. The highest BCUT2D eigenvalue weighted by Crippen LogP contribution is 2.28. The van der Waals surface area contributed by atoms with Crippen LogP contribution in [0.15, 0.2) is 41.2 Å². The van der Waals surface area contributed by atoms with Crippen LogP contribution in [0.1, 0.15) is 0 Å². The van der Waals surface area contributed by atoms with Crippen LogP contribution in [0, 0.1) is 5.82 Å². The van der Waals surface area contributed by atoms with Gasteiger partial charge < -0.3 is 9.72 Å². The molecule has 1 amide bonds. The lowest BCUT2D eigenvalue weighted by Crippen LogP contribution is -2.50. The van der Waals surface area contributed by atoms with Gasteiger partial charge in [0.2, 0.25) is 5.95 Å². The lowest BCUT2D eigenvalue weighted by atomic mass is 10.0. The average molecular weight is 408 g/mol. The van der Waals surface area contributed by atoms with Crippen molar-refractivity contribution in [2.24, 2.45) is 0 Å². The molecule has 9 nitrogen and oxygen atoms in total. The van der Waals surface area contributed by atoms with E-state index in [-0.39, 0.29) is 17.6 Å². The number of benzene rings is 2. The van der Waals surface area contributed by atoms with E-state index in [1.54, 1.807) is 18.2 Å². The number of hydrogen-bond acceptors (Lipinski definition) is 6. The number of likely N-dealkylation sites (N-methyl/N-ethyl adjacent to an activating group) is 1. The van der Waals surface area contributed by atoms with Gasteiger partial charge in [-0.25, -0.2) is 19.3 Å². The van der Waals surface area contributed by atoms with Crippen molar-refractivity contribution in [1.29, 1.82) is 0 Å². The minimum Gasteiger partial charge on any atom is -0.443 e. The topological polar surface area (TPSA) is 116 Å². The summed E-state index contributed by atoms with van der Waals surface area (Å²) in [6.07, 6.45) is -0.692. The molecule has 0 radical (unpaired) electrons. The van der Waals surface area contributed by atoms with Crippen molar-refractivity contribution >= 4 is 33.8 Å². The Labute approximate surface area is 168 Å². The summed E-state index contributed by atoms with van der Waals surface area (Å²) in [5.41, 5.74) is 1.97. The molecule has 3 N–H and O–H groups in total. The Morgan fingerprint density at radius 2 is 2.07 bits per heavy atom. The quantitative estimate of drug-likeness (QED) is 0.480. The van der Waals surface area contributed by atoms with Gasteiger partial charge in [0, 0.05) is 24.0 Å². The maximum absolute atomic E-state index is 13.8. The molecule has 0 unspecified atom stereocenters. The number of hydrogen-bond donors (Lipinski definition) is 3. The molecule has 4 aromatic rings. The summed E-state index contributed by atoms with van der Waals surface area (Å²) in [4.78, 5) is 33.4.